The van der Waals surface area contributed by atoms with E-state index >= 15 is 0 Å². The Labute approximate surface area is 196 Å². The Balaban J connectivity index is 1.21. The molecule has 180 valence electrons. The maximum Gasteiger partial charge on any atom is 0.246 e. The molecule has 1 aliphatic carbocycles. The Bertz CT molecular complexity index is 854. The molecule has 1 aromatic rings. The lowest BCUT2D eigenvalue weighted by molar-refractivity contribution is -0.135. The van der Waals surface area contributed by atoms with E-state index in [2.05, 4.69) is 9.80 Å². The molecule has 2 heterocycles. The topological polar surface area (TPSA) is 65.6 Å². The number of nitrogens with zero attached hydrogens (tertiary/aromatic N) is 4. The summed E-state index contributed by atoms with van der Waals surface area (Å²) in [7, 11) is 3.18. The Kier molecular flexibility index (Phi) is 7.88. The number of para-hydroxylation sites is 1. The summed E-state index contributed by atoms with van der Waals surface area (Å²) in [6.07, 6.45) is 7.34. The number of piperazine rings is 2. The number of ether oxygens (including phenoxy) is 2. The molecule has 3 aliphatic rings. The summed E-state index contributed by atoms with van der Waals surface area (Å²) in [5.41, 5.74) is 0.798. The number of amides is 2. The van der Waals surface area contributed by atoms with E-state index in [1.54, 1.807) is 26.4 Å². The third-order valence-corrected chi connectivity index (χ3v) is 7.14. The number of methoxy groups -OCH3 is 2. The third kappa shape index (κ3) is 5.68. The van der Waals surface area contributed by atoms with Gasteiger partial charge in [-0.05, 0) is 25.0 Å². The molecule has 2 saturated heterocycles. The van der Waals surface area contributed by atoms with Gasteiger partial charge in [0.05, 0.1) is 20.8 Å². The molecular formula is C25H36N4O4. The molecule has 0 bridgehead atoms. The highest BCUT2D eigenvalue weighted by Gasteiger charge is 2.30. The molecule has 0 unspecified atom stereocenters. The first-order valence-electron chi connectivity index (χ1n) is 12.0. The molecule has 33 heavy (non-hydrogen) atoms. The molecule has 3 fully saturated rings. The molecule has 0 spiro atoms. The van der Waals surface area contributed by atoms with Crippen LogP contribution in [-0.4, -0.2) is 111 Å². The molecule has 1 aromatic carbocycles. The Morgan fingerprint density at radius 2 is 1.64 bits per heavy atom. The van der Waals surface area contributed by atoms with Gasteiger partial charge in [-0.1, -0.05) is 18.6 Å². The van der Waals surface area contributed by atoms with Crippen LogP contribution in [0.25, 0.3) is 6.08 Å². The van der Waals surface area contributed by atoms with Gasteiger partial charge in [0.15, 0.2) is 11.5 Å². The minimum absolute atomic E-state index is 0.0297. The average Bonchev–Trinajstić information content (AvgIpc) is 2.82. The van der Waals surface area contributed by atoms with E-state index in [0.29, 0.717) is 31.1 Å². The van der Waals surface area contributed by atoms with Crippen molar-refractivity contribution in [1.29, 1.82) is 0 Å². The van der Waals surface area contributed by atoms with E-state index in [0.717, 1.165) is 50.9 Å². The molecule has 2 amide bonds. The van der Waals surface area contributed by atoms with Gasteiger partial charge in [-0.15, -0.1) is 0 Å². The van der Waals surface area contributed by atoms with Crippen LogP contribution in [0.5, 0.6) is 11.5 Å². The monoisotopic (exact) mass is 456 g/mol. The van der Waals surface area contributed by atoms with E-state index in [1.807, 2.05) is 28.0 Å². The second kappa shape index (κ2) is 11.0. The van der Waals surface area contributed by atoms with Gasteiger partial charge in [0.2, 0.25) is 11.8 Å². The van der Waals surface area contributed by atoms with E-state index < -0.39 is 0 Å². The molecule has 0 radical (unpaired) electrons. The van der Waals surface area contributed by atoms with Crippen molar-refractivity contribution in [3.8, 4) is 11.5 Å². The lowest BCUT2D eigenvalue weighted by atomic mass is 9.91. The van der Waals surface area contributed by atoms with Crippen LogP contribution in [0.1, 0.15) is 24.8 Å². The molecule has 4 rings (SSSR count). The molecule has 0 N–H and O–H groups in total. The van der Waals surface area contributed by atoms with Crippen molar-refractivity contribution in [3.63, 3.8) is 0 Å². The number of benzene rings is 1. The van der Waals surface area contributed by atoms with Gasteiger partial charge in [-0.3, -0.25) is 19.4 Å². The van der Waals surface area contributed by atoms with Crippen molar-refractivity contribution in [2.45, 2.75) is 25.3 Å². The fraction of sp³-hybridized carbons (Fsp3) is 0.600. The van der Waals surface area contributed by atoms with Gasteiger partial charge in [0.25, 0.3) is 0 Å². The minimum Gasteiger partial charge on any atom is -0.493 e. The second-order valence-corrected chi connectivity index (χ2v) is 9.02. The molecule has 1 saturated carbocycles. The van der Waals surface area contributed by atoms with E-state index in [1.165, 1.54) is 19.3 Å². The van der Waals surface area contributed by atoms with Crippen molar-refractivity contribution in [1.82, 2.24) is 19.6 Å². The van der Waals surface area contributed by atoms with Crippen LogP contribution in [0.15, 0.2) is 24.3 Å². The van der Waals surface area contributed by atoms with Crippen LogP contribution in [0, 0.1) is 0 Å². The normalized spacial score (nSPS) is 20.7. The smallest absolute Gasteiger partial charge is 0.246 e. The first kappa shape index (κ1) is 23.6. The average molecular weight is 457 g/mol. The Morgan fingerprint density at radius 3 is 2.24 bits per heavy atom. The van der Waals surface area contributed by atoms with Crippen LogP contribution in [0.2, 0.25) is 0 Å². The van der Waals surface area contributed by atoms with Gasteiger partial charge in [0.1, 0.15) is 0 Å². The predicted molar refractivity (Wildman–Crippen MR) is 127 cm³/mol. The van der Waals surface area contributed by atoms with Crippen LogP contribution in [0.3, 0.4) is 0 Å². The summed E-state index contributed by atoms with van der Waals surface area (Å²) in [6.45, 7) is 6.82. The zero-order valence-corrected chi connectivity index (χ0v) is 19.9. The van der Waals surface area contributed by atoms with Crippen LogP contribution in [-0.2, 0) is 9.59 Å². The summed E-state index contributed by atoms with van der Waals surface area (Å²) >= 11 is 0. The van der Waals surface area contributed by atoms with E-state index in [4.69, 9.17) is 9.47 Å². The van der Waals surface area contributed by atoms with Crippen molar-refractivity contribution in [2.24, 2.45) is 0 Å². The molecular weight excluding hydrogens is 420 g/mol. The van der Waals surface area contributed by atoms with Gasteiger partial charge in [0, 0.05) is 70.0 Å². The van der Waals surface area contributed by atoms with Crippen LogP contribution in [0.4, 0.5) is 0 Å². The van der Waals surface area contributed by atoms with Crippen molar-refractivity contribution in [2.75, 3.05) is 73.1 Å². The lowest BCUT2D eigenvalue weighted by Gasteiger charge is -2.43. The van der Waals surface area contributed by atoms with E-state index in [9.17, 15) is 9.59 Å². The molecule has 0 atom stereocenters. The summed E-state index contributed by atoms with van der Waals surface area (Å²) in [5.74, 6) is 1.43. The largest absolute Gasteiger partial charge is 0.493 e. The second-order valence-electron chi connectivity index (χ2n) is 9.02. The zero-order valence-electron chi connectivity index (χ0n) is 19.9. The number of carbonyl (C=O) groups is 2. The summed E-state index contributed by atoms with van der Waals surface area (Å²) in [6, 6.07) is 6.34. The summed E-state index contributed by atoms with van der Waals surface area (Å²) in [4.78, 5) is 34.0. The third-order valence-electron chi connectivity index (χ3n) is 7.14. The first-order valence-corrected chi connectivity index (χ1v) is 12.0. The van der Waals surface area contributed by atoms with Gasteiger partial charge in [-0.25, -0.2) is 0 Å². The highest BCUT2D eigenvalue weighted by atomic mass is 16.5. The van der Waals surface area contributed by atoms with Crippen molar-refractivity contribution >= 4 is 17.9 Å². The number of rotatable bonds is 7. The Hall–Kier alpha value is -2.58. The number of hydrogen-bond acceptors (Lipinski definition) is 6. The van der Waals surface area contributed by atoms with Gasteiger partial charge in [-0.2, -0.15) is 0 Å². The molecule has 8 nitrogen and oxygen atoms in total. The SMILES string of the molecule is COc1cccc(/C=C/C(=O)N2CCN(CC(=O)N3CCN(C4CCC4)CC3)CC2)c1OC. The minimum atomic E-state index is -0.0297. The molecule has 2 aliphatic heterocycles. The molecule has 8 heteroatoms. The van der Waals surface area contributed by atoms with E-state index in [-0.39, 0.29) is 11.8 Å². The maximum absolute atomic E-state index is 12.8. The fourth-order valence-electron chi connectivity index (χ4n) is 4.82. The van der Waals surface area contributed by atoms with Crippen molar-refractivity contribution in [3.05, 3.63) is 29.8 Å². The zero-order chi connectivity index (χ0) is 23.2. The fourth-order valence-corrected chi connectivity index (χ4v) is 4.82. The first-order chi connectivity index (χ1) is 16.1. The highest BCUT2D eigenvalue weighted by molar-refractivity contribution is 5.92. The maximum atomic E-state index is 12.8. The van der Waals surface area contributed by atoms with Crippen LogP contribution >= 0.6 is 0 Å². The number of carbonyl (C=O) groups excluding carboxylic acids is 2. The number of hydrogen-bond donors (Lipinski definition) is 0. The summed E-state index contributed by atoms with van der Waals surface area (Å²) in [5, 5.41) is 0. The predicted octanol–water partition coefficient (Wildman–Crippen LogP) is 1.56. The lowest BCUT2D eigenvalue weighted by Crippen LogP contribution is -2.56. The quantitative estimate of drug-likeness (QED) is 0.581. The Morgan fingerprint density at radius 1 is 0.939 bits per heavy atom. The standard InChI is InChI=1S/C25H36N4O4/c1-32-22-8-3-5-20(25(22)33-2)9-10-23(30)28-13-11-26(12-14-28)19-24(31)29-17-15-27(16-18-29)21-6-4-7-21/h3,5,8-10,21H,4,6-7,11-19H2,1-2H3/b10-9+. The van der Waals surface area contributed by atoms with Crippen LogP contribution < -0.4 is 9.47 Å². The van der Waals surface area contributed by atoms with Gasteiger partial charge >= 0.3 is 0 Å². The van der Waals surface area contributed by atoms with Gasteiger partial charge < -0.3 is 19.3 Å². The summed E-state index contributed by atoms with van der Waals surface area (Å²) < 4.78 is 10.7. The van der Waals surface area contributed by atoms with Crippen molar-refractivity contribution < 1.29 is 19.1 Å². The molecule has 0 aromatic heterocycles. The highest BCUT2D eigenvalue weighted by Crippen LogP contribution is 2.31.